The Morgan fingerprint density at radius 2 is 1.90 bits per heavy atom. The van der Waals surface area contributed by atoms with E-state index in [-0.39, 0.29) is 18.5 Å². The molecule has 1 heterocycles. The van der Waals surface area contributed by atoms with Crippen molar-refractivity contribution in [3.8, 4) is 0 Å². The molecule has 1 saturated heterocycles. The van der Waals surface area contributed by atoms with Gasteiger partial charge < -0.3 is 15.3 Å². The fraction of sp³-hybridized carbons (Fsp3) is 0.867. The third kappa shape index (κ3) is 2.91. The molecule has 1 aliphatic heterocycles. The molecule has 0 aromatic carbocycles. The maximum absolute atomic E-state index is 12.5. The average Bonchev–Trinajstić information content (AvgIpc) is 3.14. The van der Waals surface area contributed by atoms with Crippen LogP contribution in [-0.4, -0.2) is 40.6 Å². The van der Waals surface area contributed by atoms with E-state index in [1.165, 1.54) is 19.3 Å². The van der Waals surface area contributed by atoms with Gasteiger partial charge in [-0.3, -0.25) is 4.79 Å². The number of likely N-dealkylation sites (tertiary alicyclic amines) is 1. The highest BCUT2D eigenvalue weighted by molar-refractivity contribution is 5.76. The maximum Gasteiger partial charge on any atom is 0.317 e. The normalized spacial score (nSPS) is 30.7. The number of carbonyl (C=O) groups excluding carboxylic acids is 1. The fourth-order valence-corrected chi connectivity index (χ4v) is 3.97. The van der Waals surface area contributed by atoms with Crippen LogP contribution in [0.4, 0.5) is 4.79 Å². The van der Waals surface area contributed by atoms with Crippen LogP contribution < -0.4 is 5.32 Å². The Hall–Kier alpha value is -1.26. The van der Waals surface area contributed by atoms with Gasteiger partial charge in [-0.2, -0.15) is 0 Å². The minimum absolute atomic E-state index is 0.0280. The summed E-state index contributed by atoms with van der Waals surface area (Å²) in [5.74, 6) is 0.229. The van der Waals surface area contributed by atoms with Gasteiger partial charge in [-0.1, -0.05) is 6.42 Å². The lowest BCUT2D eigenvalue weighted by atomic mass is 9.92. The molecule has 2 saturated carbocycles. The minimum Gasteiger partial charge on any atom is -0.481 e. The second-order valence-electron chi connectivity index (χ2n) is 6.59. The smallest absolute Gasteiger partial charge is 0.317 e. The first-order valence-corrected chi connectivity index (χ1v) is 7.94. The lowest BCUT2D eigenvalue weighted by molar-refractivity contribution is -0.137. The summed E-state index contributed by atoms with van der Waals surface area (Å²) in [4.78, 5) is 25.4. The van der Waals surface area contributed by atoms with E-state index in [2.05, 4.69) is 5.32 Å². The van der Waals surface area contributed by atoms with Crippen LogP contribution in [0.15, 0.2) is 0 Å². The highest BCUT2D eigenvalue weighted by atomic mass is 16.4. The van der Waals surface area contributed by atoms with E-state index in [4.69, 9.17) is 5.11 Å². The Morgan fingerprint density at radius 1 is 1.15 bits per heavy atom. The molecule has 2 N–H and O–H groups in total. The van der Waals surface area contributed by atoms with Gasteiger partial charge in [0, 0.05) is 18.6 Å². The average molecular weight is 280 g/mol. The number of rotatable bonds is 4. The van der Waals surface area contributed by atoms with E-state index in [1.54, 1.807) is 0 Å². The van der Waals surface area contributed by atoms with Crippen LogP contribution >= 0.6 is 0 Å². The Balaban J connectivity index is 1.60. The molecule has 0 bridgehead atoms. The summed E-state index contributed by atoms with van der Waals surface area (Å²) in [6.45, 7) is 0.831. The van der Waals surface area contributed by atoms with Crippen molar-refractivity contribution in [2.75, 3.05) is 6.54 Å². The van der Waals surface area contributed by atoms with Crippen molar-refractivity contribution in [2.45, 2.75) is 63.5 Å². The minimum atomic E-state index is -0.820. The lowest BCUT2D eigenvalue weighted by Gasteiger charge is -2.38. The molecule has 2 aliphatic carbocycles. The van der Waals surface area contributed by atoms with Gasteiger partial charge in [-0.15, -0.1) is 0 Å². The van der Waals surface area contributed by atoms with Crippen molar-refractivity contribution >= 4 is 12.0 Å². The van der Waals surface area contributed by atoms with Crippen molar-refractivity contribution in [2.24, 2.45) is 11.8 Å². The Bertz CT molecular complexity index is 395. The number of carbonyl (C=O) groups is 2. The SMILES string of the molecule is O=C(O)CC(NC(=O)N1CCCC2CCCC21)C1CC1. The van der Waals surface area contributed by atoms with Crippen molar-refractivity contribution in [1.82, 2.24) is 10.2 Å². The summed E-state index contributed by atoms with van der Waals surface area (Å²) in [6.07, 6.45) is 8.06. The molecule has 112 valence electrons. The molecular weight excluding hydrogens is 256 g/mol. The third-order valence-electron chi connectivity index (χ3n) is 5.15. The summed E-state index contributed by atoms with van der Waals surface area (Å²) < 4.78 is 0. The first kappa shape index (κ1) is 13.7. The van der Waals surface area contributed by atoms with E-state index in [9.17, 15) is 9.59 Å². The quantitative estimate of drug-likeness (QED) is 0.829. The number of hydrogen-bond acceptors (Lipinski definition) is 2. The van der Waals surface area contributed by atoms with E-state index >= 15 is 0 Å². The molecule has 20 heavy (non-hydrogen) atoms. The zero-order valence-corrected chi connectivity index (χ0v) is 11.9. The summed E-state index contributed by atoms with van der Waals surface area (Å²) in [7, 11) is 0. The van der Waals surface area contributed by atoms with Crippen LogP contribution in [0.5, 0.6) is 0 Å². The van der Waals surface area contributed by atoms with Crippen LogP contribution in [0.25, 0.3) is 0 Å². The number of fused-ring (bicyclic) bond motifs is 1. The molecule has 3 rings (SSSR count). The van der Waals surface area contributed by atoms with Gasteiger partial charge in [0.25, 0.3) is 0 Å². The molecular formula is C15H24N2O3. The fourth-order valence-electron chi connectivity index (χ4n) is 3.97. The predicted molar refractivity (Wildman–Crippen MR) is 74.4 cm³/mol. The number of aliphatic carboxylic acids is 1. The molecule has 0 aromatic rings. The molecule has 0 aromatic heterocycles. The number of amides is 2. The molecule has 3 atom stereocenters. The molecule has 2 amide bonds. The molecule has 0 spiro atoms. The van der Waals surface area contributed by atoms with Crippen LogP contribution in [0, 0.1) is 11.8 Å². The molecule has 0 radical (unpaired) electrons. The lowest BCUT2D eigenvalue weighted by Crippen LogP contribution is -2.53. The number of nitrogens with one attached hydrogen (secondary N) is 1. The number of carboxylic acid groups (broad SMARTS) is 1. The van der Waals surface area contributed by atoms with Gasteiger partial charge in [-0.05, 0) is 50.4 Å². The molecule has 5 heteroatoms. The first-order valence-electron chi connectivity index (χ1n) is 7.94. The maximum atomic E-state index is 12.5. The highest BCUT2D eigenvalue weighted by Gasteiger charge is 2.39. The van der Waals surface area contributed by atoms with Crippen molar-refractivity contribution in [3.05, 3.63) is 0 Å². The third-order valence-corrected chi connectivity index (χ3v) is 5.15. The van der Waals surface area contributed by atoms with Gasteiger partial charge >= 0.3 is 12.0 Å². The number of hydrogen-bond donors (Lipinski definition) is 2. The second kappa shape index (κ2) is 5.62. The second-order valence-corrected chi connectivity index (χ2v) is 6.59. The standard InChI is InChI=1S/C15H24N2O3/c18-14(19)9-12(10-6-7-10)16-15(20)17-8-2-4-11-3-1-5-13(11)17/h10-13H,1-9H2,(H,16,20)(H,18,19). The Morgan fingerprint density at radius 3 is 2.60 bits per heavy atom. The number of nitrogens with zero attached hydrogens (tertiary/aromatic N) is 1. The summed E-state index contributed by atoms with van der Waals surface area (Å²) in [5, 5.41) is 12.0. The summed E-state index contributed by atoms with van der Waals surface area (Å²) in [6, 6.07) is 0.190. The van der Waals surface area contributed by atoms with Gasteiger partial charge in [0.15, 0.2) is 0 Å². The Labute approximate surface area is 119 Å². The van der Waals surface area contributed by atoms with E-state index in [1.807, 2.05) is 4.90 Å². The van der Waals surface area contributed by atoms with Gasteiger partial charge in [0.1, 0.15) is 0 Å². The molecule has 5 nitrogen and oxygen atoms in total. The number of piperidine rings is 1. The van der Waals surface area contributed by atoms with Crippen LogP contribution in [0.3, 0.4) is 0 Å². The van der Waals surface area contributed by atoms with Gasteiger partial charge in [-0.25, -0.2) is 4.79 Å². The number of carboxylic acids is 1. The summed E-state index contributed by atoms with van der Waals surface area (Å²) in [5.41, 5.74) is 0. The summed E-state index contributed by atoms with van der Waals surface area (Å²) >= 11 is 0. The monoisotopic (exact) mass is 280 g/mol. The predicted octanol–water partition coefficient (Wildman–Crippen LogP) is 2.21. The zero-order valence-electron chi connectivity index (χ0n) is 11.9. The zero-order chi connectivity index (χ0) is 14.1. The van der Waals surface area contributed by atoms with Crippen molar-refractivity contribution in [1.29, 1.82) is 0 Å². The van der Waals surface area contributed by atoms with E-state index in [0.717, 1.165) is 32.2 Å². The van der Waals surface area contributed by atoms with Gasteiger partial charge in [0.05, 0.1) is 6.42 Å². The molecule has 3 unspecified atom stereocenters. The van der Waals surface area contributed by atoms with E-state index < -0.39 is 5.97 Å². The Kier molecular flexibility index (Phi) is 3.85. The number of urea groups is 1. The van der Waals surface area contributed by atoms with Crippen LogP contribution in [0.1, 0.15) is 51.4 Å². The topological polar surface area (TPSA) is 69.6 Å². The highest BCUT2D eigenvalue weighted by Crippen LogP contribution is 2.37. The van der Waals surface area contributed by atoms with Crippen molar-refractivity contribution in [3.63, 3.8) is 0 Å². The van der Waals surface area contributed by atoms with Crippen molar-refractivity contribution < 1.29 is 14.7 Å². The van der Waals surface area contributed by atoms with Crippen LogP contribution in [0.2, 0.25) is 0 Å². The molecule has 3 aliphatic rings. The largest absolute Gasteiger partial charge is 0.481 e. The van der Waals surface area contributed by atoms with Gasteiger partial charge in [0.2, 0.25) is 0 Å². The molecule has 3 fully saturated rings. The first-order chi connectivity index (χ1) is 9.65. The van der Waals surface area contributed by atoms with Crippen LogP contribution in [-0.2, 0) is 4.79 Å². The van der Waals surface area contributed by atoms with E-state index in [0.29, 0.717) is 17.9 Å².